The molecule has 2 aromatic rings. The summed E-state index contributed by atoms with van der Waals surface area (Å²) in [4.78, 5) is 12.0. The number of hydrogen-bond donors (Lipinski definition) is 0. The topological polar surface area (TPSA) is 44.1 Å². The molecular formula is C17H22N2O2. The van der Waals surface area contributed by atoms with E-state index in [-0.39, 0.29) is 5.97 Å². The third-order valence-corrected chi connectivity index (χ3v) is 3.50. The third-order valence-electron chi connectivity index (χ3n) is 3.50. The molecule has 2 rings (SSSR count). The number of esters is 1. The third kappa shape index (κ3) is 2.99. The molecule has 21 heavy (non-hydrogen) atoms. The first-order valence-corrected chi connectivity index (χ1v) is 7.31. The summed E-state index contributed by atoms with van der Waals surface area (Å²) in [6.07, 6.45) is 0. The van der Waals surface area contributed by atoms with E-state index in [1.165, 1.54) is 16.7 Å². The zero-order valence-corrected chi connectivity index (χ0v) is 13.4. The second kappa shape index (κ2) is 6.12. The summed E-state index contributed by atoms with van der Waals surface area (Å²) in [7, 11) is 0. The van der Waals surface area contributed by atoms with Gasteiger partial charge < -0.3 is 4.74 Å². The van der Waals surface area contributed by atoms with Crippen LogP contribution in [0.1, 0.15) is 41.0 Å². The van der Waals surface area contributed by atoms with Gasteiger partial charge in [0, 0.05) is 12.1 Å². The lowest BCUT2D eigenvalue weighted by Crippen LogP contribution is -2.12. The molecule has 0 aliphatic heterocycles. The van der Waals surface area contributed by atoms with E-state index in [1.54, 1.807) is 11.6 Å². The molecule has 0 fully saturated rings. The minimum Gasteiger partial charge on any atom is -0.461 e. The molecule has 0 radical (unpaired) electrons. The smallest absolute Gasteiger partial charge is 0.356 e. The fourth-order valence-electron chi connectivity index (χ4n) is 2.73. The van der Waals surface area contributed by atoms with Gasteiger partial charge in [-0.2, -0.15) is 5.10 Å². The van der Waals surface area contributed by atoms with Crippen molar-refractivity contribution < 1.29 is 9.53 Å². The SMILES string of the molecule is CCOC(=O)c1cc(-c2c(C)cc(C)cc2C)nn1CC. The summed E-state index contributed by atoms with van der Waals surface area (Å²) in [6.45, 7) is 11.0. The van der Waals surface area contributed by atoms with E-state index >= 15 is 0 Å². The Kier molecular flexibility index (Phi) is 4.46. The van der Waals surface area contributed by atoms with Crippen molar-refractivity contribution in [1.29, 1.82) is 0 Å². The standard InChI is InChI=1S/C17H22N2O2/c1-6-19-15(17(20)21-7-2)10-14(18-19)16-12(4)8-11(3)9-13(16)5/h8-10H,6-7H2,1-5H3. The van der Waals surface area contributed by atoms with Crippen molar-refractivity contribution in [3.05, 3.63) is 40.6 Å². The zero-order valence-electron chi connectivity index (χ0n) is 13.4. The van der Waals surface area contributed by atoms with E-state index in [4.69, 9.17) is 4.74 Å². The number of aryl methyl sites for hydroxylation is 4. The van der Waals surface area contributed by atoms with Gasteiger partial charge >= 0.3 is 5.97 Å². The van der Waals surface area contributed by atoms with E-state index in [0.717, 1.165) is 11.3 Å². The van der Waals surface area contributed by atoms with Gasteiger partial charge in [0.25, 0.3) is 0 Å². The molecule has 0 saturated carbocycles. The van der Waals surface area contributed by atoms with Crippen molar-refractivity contribution in [2.45, 2.75) is 41.2 Å². The quantitative estimate of drug-likeness (QED) is 0.805. The highest BCUT2D eigenvalue weighted by atomic mass is 16.5. The van der Waals surface area contributed by atoms with Gasteiger partial charge in [0.15, 0.2) is 0 Å². The van der Waals surface area contributed by atoms with Crippen LogP contribution in [0.4, 0.5) is 0 Å². The van der Waals surface area contributed by atoms with Crippen LogP contribution in [0.15, 0.2) is 18.2 Å². The van der Waals surface area contributed by atoms with Gasteiger partial charge in [-0.25, -0.2) is 4.79 Å². The maximum absolute atomic E-state index is 12.0. The monoisotopic (exact) mass is 286 g/mol. The Hall–Kier alpha value is -2.10. The molecule has 1 aromatic carbocycles. The lowest BCUT2D eigenvalue weighted by Gasteiger charge is -2.08. The lowest BCUT2D eigenvalue weighted by atomic mass is 9.97. The zero-order chi connectivity index (χ0) is 15.6. The van der Waals surface area contributed by atoms with E-state index in [9.17, 15) is 4.79 Å². The summed E-state index contributed by atoms with van der Waals surface area (Å²) in [5, 5.41) is 4.57. The largest absolute Gasteiger partial charge is 0.461 e. The molecule has 112 valence electrons. The number of carbonyl (C=O) groups is 1. The predicted octanol–water partition coefficient (Wildman–Crippen LogP) is 3.67. The molecule has 0 unspecified atom stereocenters. The number of nitrogens with zero attached hydrogens (tertiary/aromatic N) is 2. The fraction of sp³-hybridized carbons (Fsp3) is 0.412. The summed E-state index contributed by atoms with van der Waals surface area (Å²) >= 11 is 0. The molecule has 0 N–H and O–H groups in total. The lowest BCUT2D eigenvalue weighted by molar-refractivity contribution is 0.0512. The van der Waals surface area contributed by atoms with E-state index in [1.807, 2.05) is 13.0 Å². The van der Waals surface area contributed by atoms with Gasteiger partial charge in [0.2, 0.25) is 0 Å². The normalized spacial score (nSPS) is 10.7. The maximum Gasteiger partial charge on any atom is 0.356 e. The molecule has 0 amide bonds. The van der Waals surface area contributed by atoms with Crippen LogP contribution >= 0.6 is 0 Å². The molecule has 4 heteroatoms. The molecule has 0 saturated heterocycles. The molecule has 1 aromatic heterocycles. The second-order valence-corrected chi connectivity index (χ2v) is 5.22. The Morgan fingerprint density at radius 2 is 1.76 bits per heavy atom. The Balaban J connectivity index is 2.54. The Bertz CT molecular complexity index is 648. The van der Waals surface area contributed by atoms with Gasteiger partial charge in [-0.3, -0.25) is 4.68 Å². The second-order valence-electron chi connectivity index (χ2n) is 5.22. The summed E-state index contributed by atoms with van der Waals surface area (Å²) in [5.41, 5.74) is 6.00. The average Bonchev–Trinajstić information content (AvgIpc) is 2.81. The van der Waals surface area contributed by atoms with Crippen LogP contribution in [0, 0.1) is 20.8 Å². The highest BCUT2D eigenvalue weighted by Gasteiger charge is 2.18. The van der Waals surface area contributed by atoms with Gasteiger partial charge in [-0.15, -0.1) is 0 Å². The minimum absolute atomic E-state index is 0.319. The maximum atomic E-state index is 12.0. The van der Waals surface area contributed by atoms with Crippen molar-refractivity contribution >= 4 is 5.97 Å². The fourth-order valence-corrected chi connectivity index (χ4v) is 2.73. The number of hydrogen-bond acceptors (Lipinski definition) is 3. The van der Waals surface area contributed by atoms with Crippen molar-refractivity contribution in [3.8, 4) is 11.3 Å². The van der Waals surface area contributed by atoms with E-state index in [0.29, 0.717) is 18.8 Å². The first-order chi connectivity index (χ1) is 9.97. The summed E-state index contributed by atoms with van der Waals surface area (Å²) in [6, 6.07) is 6.10. The van der Waals surface area contributed by atoms with Crippen LogP contribution in [0.5, 0.6) is 0 Å². The minimum atomic E-state index is -0.319. The first-order valence-electron chi connectivity index (χ1n) is 7.31. The van der Waals surface area contributed by atoms with Crippen molar-refractivity contribution in [1.82, 2.24) is 9.78 Å². The Morgan fingerprint density at radius 1 is 1.14 bits per heavy atom. The molecular weight excluding hydrogens is 264 g/mol. The van der Waals surface area contributed by atoms with E-state index < -0.39 is 0 Å². The summed E-state index contributed by atoms with van der Waals surface area (Å²) in [5.74, 6) is -0.319. The molecule has 4 nitrogen and oxygen atoms in total. The Morgan fingerprint density at radius 3 is 2.29 bits per heavy atom. The number of aromatic nitrogens is 2. The van der Waals surface area contributed by atoms with Gasteiger partial charge in [0.05, 0.1) is 12.3 Å². The number of carbonyl (C=O) groups excluding carboxylic acids is 1. The van der Waals surface area contributed by atoms with E-state index in [2.05, 4.69) is 38.0 Å². The highest BCUT2D eigenvalue weighted by Crippen LogP contribution is 2.28. The molecule has 0 atom stereocenters. The van der Waals surface area contributed by atoms with Crippen molar-refractivity contribution in [2.24, 2.45) is 0 Å². The number of rotatable bonds is 4. The number of ether oxygens (including phenoxy) is 1. The van der Waals surface area contributed by atoms with Gasteiger partial charge in [-0.05, 0) is 51.8 Å². The van der Waals surface area contributed by atoms with Crippen molar-refractivity contribution in [2.75, 3.05) is 6.61 Å². The predicted molar refractivity (Wildman–Crippen MR) is 83.5 cm³/mol. The van der Waals surface area contributed by atoms with Crippen LogP contribution in [-0.4, -0.2) is 22.4 Å². The summed E-state index contributed by atoms with van der Waals surface area (Å²) < 4.78 is 6.80. The Labute approximate surface area is 125 Å². The average molecular weight is 286 g/mol. The van der Waals surface area contributed by atoms with Gasteiger partial charge in [0.1, 0.15) is 5.69 Å². The van der Waals surface area contributed by atoms with Crippen LogP contribution in [0.3, 0.4) is 0 Å². The van der Waals surface area contributed by atoms with Crippen molar-refractivity contribution in [3.63, 3.8) is 0 Å². The molecule has 0 aliphatic rings. The molecule has 1 heterocycles. The van der Waals surface area contributed by atoms with Crippen LogP contribution < -0.4 is 0 Å². The number of benzene rings is 1. The van der Waals surface area contributed by atoms with Crippen LogP contribution in [0.2, 0.25) is 0 Å². The van der Waals surface area contributed by atoms with Gasteiger partial charge in [-0.1, -0.05) is 17.7 Å². The van der Waals surface area contributed by atoms with Crippen LogP contribution in [0.25, 0.3) is 11.3 Å². The molecule has 0 spiro atoms. The molecule has 0 aliphatic carbocycles. The highest BCUT2D eigenvalue weighted by molar-refractivity contribution is 5.89. The first kappa shape index (κ1) is 15.3. The van der Waals surface area contributed by atoms with Crippen LogP contribution in [-0.2, 0) is 11.3 Å². The molecule has 0 bridgehead atoms.